The molecule has 118 valence electrons. The Hall–Kier alpha value is -0.870. The van der Waals surface area contributed by atoms with Gasteiger partial charge in [0.25, 0.3) is 0 Å². The average molecular weight is 308 g/mol. The molecule has 2 rings (SSSR count). The fourth-order valence-corrected chi connectivity index (χ4v) is 3.52. The molecule has 0 spiro atoms. The van der Waals surface area contributed by atoms with E-state index in [1.54, 1.807) is 11.3 Å². The number of thiazole rings is 1. The maximum absolute atomic E-state index is 4.58. The summed E-state index contributed by atoms with van der Waals surface area (Å²) in [6.45, 7) is 6.43. The van der Waals surface area contributed by atoms with E-state index in [0.717, 1.165) is 23.7 Å². The molecule has 2 heterocycles. The molecule has 0 fully saturated rings. The summed E-state index contributed by atoms with van der Waals surface area (Å²) in [5.74, 6) is 0. The van der Waals surface area contributed by atoms with Crippen molar-refractivity contribution in [3.63, 3.8) is 0 Å². The lowest BCUT2D eigenvalue weighted by Crippen LogP contribution is -2.16. The van der Waals surface area contributed by atoms with Crippen molar-refractivity contribution >= 4 is 16.3 Å². The van der Waals surface area contributed by atoms with Crippen molar-refractivity contribution in [2.45, 2.75) is 71.8 Å². The number of nitrogens with zero attached hydrogens (tertiary/aromatic N) is 2. The number of hydrogen-bond acceptors (Lipinski definition) is 3. The zero-order valence-electron chi connectivity index (χ0n) is 13.5. The highest BCUT2D eigenvalue weighted by atomic mass is 32.1. The maximum Gasteiger partial charge on any atom is 0.194 e. The minimum Gasteiger partial charge on any atom is -0.311 e. The van der Waals surface area contributed by atoms with Gasteiger partial charge in [0.1, 0.15) is 0 Å². The average Bonchev–Trinajstić information content (AvgIpc) is 3.03. The first-order chi connectivity index (χ1) is 10.3. The zero-order valence-corrected chi connectivity index (χ0v) is 14.3. The van der Waals surface area contributed by atoms with Gasteiger partial charge in [-0.25, -0.2) is 4.98 Å². The first-order valence-corrected chi connectivity index (χ1v) is 9.32. The second kappa shape index (κ2) is 9.21. The largest absolute Gasteiger partial charge is 0.311 e. The van der Waals surface area contributed by atoms with Crippen LogP contribution in [0.1, 0.15) is 69.7 Å². The summed E-state index contributed by atoms with van der Waals surface area (Å²) in [6.07, 6.45) is 13.2. The number of imidazole rings is 1. The van der Waals surface area contributed by atoms with Crippen LogP contribution in [0.2, 0.25) is 0 Å². The van der Waals surface area contributed by atoms with Crippen LogP contribution in [-0.2, 0) is 6.54 Å². The topological polar surface area (TPSA) is 29.3 Å². The lowest BCUT2D eigenvalue weighted by atomic mass is 10.1. The lowest BCUT2D eigenvalue weighted by molar-refractivity contribution is 0.552. The van der Waals surface area contributed by atoms with Crippen LogP contribution < -0.4 is 5.32 Å². The van der Waals surface area contributed by atoms with Crippen LogP contribution in [0.5, 0.6) is 0 Å². The van der Waals surface area contributed by atoms with E-state index >= 15 is 0 Å². The number of aryl methyl sites for hydroxylation is 1. The molecule has 0 bridgehead atoms. The fraction of sp³-hybridized carbons (Fsp3) is 0.706. The Morgan fingerprint density at radius 1 is 1.10 bits per heavy atom. The van der Waals surface area contributed by atoms with Crippen molar-refractivity contribution in [1.82, 2.24) is 14.7 Å². The maximum atomic E-state index is 4.58. The first kappa shape index (κ1) is 16.5. The van der Waals surface area contributed by atoms with Crippen LogP contribution in [-0.4, -0.2) is 15.9 Å². The quantitative estimate of drug-likeness (QED) is 0.596. The van der Waals surface area contributed by atoms with Crippen molar-refractivity contribution in [2.24, 2.45) is 0 Å². The first-order valence-electron chi connectivity index (χ1n) is 8.44. The summed E-state index contributed by atoms with van der Waals surface area (Å²) in [5.41, 5.74) is 2.47. The SMILES string of the molecule is CCCCCCCCCCNCc1c(C)nc2sccn12. The highest BCUT2D eigenvalue weighted by Gasteiger charge is 2.08. The van der Waals surface area contributed by atoms with Gasteiger partial charge >= 0.3 is 0 Å². The molecule has 21 heavy (non-hydrogen) atoms. The van der Waals surface area contributed by atoms with Gasteiger partial charge in [-0.3, -0.25) is 4.40 Å². The summed E-state index contributed by atoms with van der Waals surface area (Å²) < 4.78 is 2.21. The van der Waals surface area contributed by atoms with Gasteiger partial charge in [0.05, 0.1) is 11.4 Å². The summed E-state index contributed by atoms with van der Waals surface area (Å²) in [4.78, 5) is 5.69. The van der Waals surface area contributed by atoms with E-state index in [-0.39, 0.29) is 0 Å². The van der Waals surface area contributed by atoms with Crippen molar-refractivity contribution in [3.05, 3.63) is 23.0 Å². The Balaban J connectivity index is 1.54. The molecule has 0 unspecified atom stereocenters. The van der Waals surface area contributed by atoms with Crippen molar-refractivity contribution in [1.29, 1.82) is 0 Å². The van der Waals surface area contributed by atoms with Crippen LogP contribution in [0.3, 0.4) is 0 Å². The van der Waals surface area contributed by atoms with Crippen LogP contribution in [0.15, 0.2) is 11.6 Å². The van der Waals surface area contributed by atoms with Crippen LogP contribution in [0.4, 0.5) is 0 Å². The predicted molar refractivity (Wildman–Crippen MR) is 92.1 cm³/mol. The van der Waals surface area contributed by atoms with E-state index in [4.69, 9.17) is 0 Å². The molecule has 0 aliphatic rings. The Kier molecular flexibility index (Phi) is 7.24. The van der Waals surface area contributed by atoms with E-state index in [1.165, 1.54) is 57.1 Å². The molecule has 0 saturated carbocycles. The van der Waals surface area contributed by atoms with Crippen molar-refractivity contribution in [2.75, 3.05) is 6.54 Å². The summed E-state index contributed by atoms with van der Waals surface area (Å²) in [5, 5.41) is 5.67. The van der Waals surface area contributed by atoms with E-state index in [1.807, 2.05) is 0 Å². The third-order valence-electron chi connectivity index (χ3n) is 4.06. The predicted octanol–water partition coefficient (Wildman–Crippen LogP) is 4.93. The third kappa shape index (κ3) is 5.11. The zero-order chi connectivity index (χ0) is 14.9. The fourth-order valence-electron chi connectivity index (χ4n) is 2.74. The lowest BCUT2D eigenvalue weighted by Gasteiger charge is -2.05. The number of rotatable bonds is 11. The summed E-state index contributed by atoms with van der Waals surface area (Å²) >= 11 is 1.70. The van der Waals surface area contributed by atoms with Crippen LogP contribution >= 0.6 is 11.3 Å². The molecule has 0 aliphatic carbocycles. The van der Waals surface area contributed by atoms with Crippen LogP contribution in [0, 0.1) is 6.92 Å². The number of fused-ring (bicyclic) bond motifs is 1. The van der Waals surface area contributed by atoms with Gasteiger partial charge in [0.15, 0.2) is 4.96 Å². The monoisotopic (exact) mass is 307 g/mol. The molecule has 2 aromatic heterocycles. The molecule has 1 N–H and O–H groups in total. The van der Waals surface area contributed by atoms with E-state index in [9.17, 15) is 0 Å². The van der Waals surface area contributed by atoms with Gasteiger partial charge in [0, 0.05) is 18.1 Å². The Bertz CT molecular complexity index is 515. The molecule has 0 aromatic carbocycles. The molecule has 2 aromatic rings. The molecular formula is C17H29N3S. The highest BCUT2D eigenvalue weighted by Crippen LogP contribution is 2.16. The summed E-state index contributed by atoms with van der Waals surface area (Å²) in [7, 11) is 0. The minimum atomic E-state index is 0.931. The second-order valence-corrected chi connectivity index (χ2v) is 6.72. The highest BCUT2D eigenvalue weighted by molar-refractivity contribution is 7.15. The molecule has 0 radical (unpaired) electrons. The number of unbranched alkanes of at least 4 members (excludes halogenated alkanes) is 7. The van der Waals surface area contributed by atoms with E-state index in [2.05, 4.69) is 40.1 Å². The normalized spacial score (nSPS) is 11.5. The Morgan fingerprint density at radius 2 is 1.81 bits per heavy atom. The molecule has 0 atom stereocenters. The molecule has 4 heteroatoms. The van der Waals surface area contributed by atoms with E-state index < -0.39 is 0 Å². The van der Waals surface area contributed by atoms with Crippen molar-refractivity contribution < 1.29 is 0 Å². The smallest absolute Gasteiger partial charge is 0.194 e. The third-order valence-corrected chi connectivity index (χ3v) is 4.82. The standard InChI is InChI=1S/C17H29N3S/c1-3-4-5-6-7-8-9-10-11-18-14-16-15(2)19-17-20(16)12-13-21-17/h12-13,18H,3-11,14H2,1-2H3. The molecular weight excluding hydrogens is 278 g/mol. The van der Waals surface area contributed by atoms with Crippen molar-refractivity contribution in [3.8, 4) is 0 Å². The van der Waals surface area contributed by atoms with Crippen LogP contribution in [0.25, 0.3) is 4.96 Å². The van der Waals surface area contributed by atoms with Gasteiger partial charge in [-0.2, -0.15) is 0 Å². The molecule has 3 nitrogen and oxygen atoms in total. The minimum absolute atomic E-state index is 0.931. The van der Waals surface area contributed by atoms with E-state index in [0.29, 0.717) is 0 Å². The molecule has 0 saturated heterocycles. The van der Waals surface area contributed by atoms with Gasteiger partial charge in [-0.15, -0.1) is 11.3 Å². The van der Waals surface area contributed by atoms with Gasteiger partial charge in [-0.1, -0.05) is 51.9 Å². The molecule has 0 aliphatic heterocycles. The number of aromatic nitrogens is 2. The van der Waals surface area contributed by atoms with Gasteiger partial charge in [0.2, 0.25) is 0 Å². The Morgan fingerprint density at radius 3 is 2.57 bits per heavy atom. The molecule has 0 amide bonds. The van der Waals surface area contributed by atoms with Gasteiger partial charge in [-0.05, 0) is 19.9 Å². The number of hydrogen-bond donors (Lipinski definition) is 1. The van der Waals surface area contributed by atoms with Gasteiger partial charge < -0.3 is 5.32 Å². The second-order valence-electron chi connectivity index (χ2n) is 5.85. The Labute approximate surface area is 132 Å². The number of nitrogens with one attached hydrogen (secondary N) is 1. The summed E-state index contributed by atoms with van der Waals surface area (Å²) in [6, 6.07) is 0.